The first-order valence-electron chi connectivity index (χ1n) is 7.61. The number of rotatable bonds is 2. The number of nitrogens with zero attached hydrogens (tertiary/aromatic N) is 1. The monoisotopic (exact) mass is 300 g/mol. The molecule has 21 heavy (non-hydrogen) atoms. The van der Waals surface area contributed by atoms with Crippen LogP contribution < -0.4 is 5.73 Å². The van der Waals surface area contributed by atoms with Crippen LogP contribution in [0.15, 0.2) is 30.3 Å². The van der Waals surface area contributed by atoms with Crippen LogP contribution in [-0.2, 0) is 24.9 Å². The van der Waals surface area contributed by atoms with Crippen molar-refractivity contribution in [1.82, 2.24) is 4.90 Å². The minimum atomic E-state index is 0.256. The molecule has 0 unspecified atom stereocenters. The summed E-state index contributed by atoms with van der Waals surface area (Å²) in [6, 6.07) is 10.9. The molecule has 0 spiro atoms. The molecular weight excluding hydrogens is 276 g/mol. The molecule has 0 amide bonds. The number of thiophene rings is 1. The van der Waals surface area contributed by atoms with Crippen molar-refractivity contribution in [3.63, 3.8) is 0 Å². The van der Waals surface area contributed by atoms with Crippen LogP contribution in [-0.4, -0.2) is 11.4 Å². The number of hydrogen-bond acceptors (Lipinski definition) is 3. The van der Waals surface area contributed by atoms with Crippen molar-refractivity contribution in [3.05, 3.63) is 51.2 Å². The van der Waals surface area contributed by atoms with Crippen molar-refractivity contribution in [3.8, 4) is 0 Å². The number of benzene rings is 1. The van der Waals surface area contributed by atoms with Crippen LogP contribution in [0.4, 0.5) is 5.69 Å². The summed E-state index contributed by atoms with van der Waals surface area (Å²) in [5.74, 6) is 0. The first-order valence-corrected chi connectivity index (χ1v) is 8.43. The summed E-state index contributed by atoms with van der Waals surface area (Å²) in [7, 11) is 0. The van der Waals surface area contributed by atoms with E-state index in [0.29, 0.717) is 0 Å². The molecule has 2 N–H and O–H groups in total. The van der Waals surface area contributed by atoms with Crippen LogP contribution in [0.25, 0.3) is 0 Å². The molecular formula is C18H24N2S. The Bertz CT molecular complexity index is 637. The van der Waals surface area contributed by atoms with Gasteiger partial charge in [0.05, 0.1) is 0 Å². The Morgan fingerprint density at radius 1 is 1.19 bits per heavy atom. The largest absolute Gasteiger partial charge is 0.398 e. The Hall–Kier alpha value is -1.32. The molecule has 1 aromatic carbocycles. The Morgan fingerprint density at radius 3 is 2.71 bits per heavy atom. The van der Waals surface area contributed by atoms with Gasteiger partial charge in [0, 0.05) is 35.1 Å². The molecule has 1 aliphatic rings. The smallest absolute Gasteiger partial charge is 0.0350 e. The summed E-state index contributed by atoms with van der Waals surface area (Å²) in [5, 5.41) is 0. The molecule has 1 aromatic heterocycles. The molecule has 2 aromatic rings. The molecule has 3 heteroatoms. The van der Waals surface area contributed by atoms with Gasteiger partial charge in [0.2, 0.25) is 0 Å². The van der Waals surface area contributed by atoms with Gasteiger partial charge in [-0.05, 0) is 41.2 Å². The Balaban J connectivity index is 1.71. The number of nitrogens with two attached hydrogens (primary N) is 1. The highest BCUT2D eigenvalue weighted by Crippen LogP contribution is 2.31. The van der Waals surface area contributed by atoms with Crippen LogP contribution >= 0.6 is 11.3 Å². The molecule has 0 atom stereocenters. The summed E-state index contributed by atoms with van der Waals surface area (Å²) in [6.45, 7) is 10.0. The van der Waals surface area contributed by atoms with Crippen LogP contribution in [0.5, 0.6) is 0 Å². The number of fused-ring (bicyclic) bond motifs is 1. The van der Waals surface area contributed by atoms with Gasteiger partial charge in [0.15, 0.2) is 0 Å². The van der Waals surface area contributed by atoms with Gasteiger partial charge in [0.1, 0.15) is 0 Å². The molecule has 0 bridgehead atoms. The summed E-state index contributed by atoms with van der Waals surface area (Å²) in [6.07, 6.45) is 1.07. The fraction of sp³-hybridized carbons (Fsp3) is 0.444. The normalized spacial score (nSPS) is 16.0. The summed E-state index contributed by atoms with van der Waals surface area (Å²) >= 11 is 1.95. The molecule has 3 rings (SSSR count). The third kappa shape index (κ3) is 3.14. The second kappa shape index (κ2) is 5.47. The minimum absolute atomic E-state index is 0.256. The van der Waals surface area contributed by atoms with Crippen LogP contribution in [0.3, 0.4) is 0 Å². The fourth-order valence-electron chi connectivity index (χ4n) is 2.92. The van der Waals surface area contributed by atoms with Crippen molar-refractivity contribution in [2.24, 2.45) is 0 Å². The average molecular weight is 300 g/mol. The lowest BCUT2D eigenvalue weighted by molar-refractivity contribution is 0.248. The summed E-state index contributed by atoms with van der Waals surface area (Å²) in [5.41, 5.74) is 10.0. The minimum Gasteiger partial charge on any atom is -0.398 e. The van der Waals surface area contributed by atoms with E-state index < -0.39 is 0 Å². The SMILES string of the molecule is CC(C)(C)c1ccc(CN2CCc3c(N)cccc3C2)s1. The molecule has 2 nitrogen and oxygen atoms in total. The van der Waals surface area contributed by atoms with Crippen LogP contribution in [0.2, 0.25) is 0 Å². The average Bonchev–Trinajstić information content (AvgIpc) is 2.87. The lowest BCUT2D eigenvalue weighted by Crippen LogP contribution is -2.30. The van der Waals surface area contributed by atoms with Crippen molar-refractivity contribution in [2.45, 2.75) is 45.7 Å². The maximum Gasteiger partial charge on any atom is 0.0350 e. The van der Waals surface area contributed by atoms with E-state index >= 15 is 0 Å². The van der Waals surface area contributed by atoms with Crippen molar-refractivity contribution in [2.75, 3.05) is 12.3 Å². The van der Waals surface area contributed by atoms with Crippen LogP contribution in [0.1, 0.15) is 41.7 Å². The first kappa shape index (κ1) is 14.6. The van der Waals surface area contributed by atoms with Gasteiger partial charge in [-0.1, -0.05) is 32.9 Å². The predicted octanol–water partition coefficient (Wildman–Crippen LogP) is 4.19. The molecule has 0 saturated heterocycles. The highest BCUT2D eigenvalue weighted by atomic mass is 32.1. The third-order valence-corrected chi connectivity index (χ3v) is 5.66. The van der Waals surface area contributed by atoms with Gasteiger partial charge >= 0.3 is 0 Å². The van der Waals surface area contributed by atoms with Crippen molar-refractivity contribution in [1.29, 1.82) is 0 Å². The Labute approximate surface area is 131 Å². The van der Waals surface area contributed by atoms with E-state index in [9.17, 15) is 0 Å². The summed E-state index contributed by atoms with van der Waals surface area (Å²) in [4.78, 5) is 5.46. The molecule has 112 valence electrons. The van der Waals surface area contributed by atoms with E-state index in [-0.39, 0.29) is 5.41 Å². The van der Waals surface area contributed by atoms with E-state index in [1.165, 1.54) is 20.9 Å². The molecule has 2 heterocycles. The maximum absolute atomic E-state index is 6.07. The maximum atomic E-state index is 6.07. The topological polar surface area (TPSA) is 29.3 Å². The zero-order valence-electron chi connectivity index (χ0n) is 13.1. The third-order valence-electron chi connectivity index (χ3n) is 4.16. The molecule has 0 fully saturated rings. The Morgan fingerprint density at radius 2 is 2.00 bits per heavy atom. The van der Waals surface area contributed by atoms with Gasteiger partial charge in [0.25, 0.3) is 0 Å². The highest BCUT2D eigenvalue weighted by molar-refractivity contribution is 7.12. The Kier molecular flexibility index (Phi) is 3.80. The van der Waals surface area contributed by atoms with Gasteiger partial charge in [-0.25, -0.2) is 0 Å². The quantitative estimate of drug-likeness (QED) is 0.843. The van der Waals surface area contributed by atoms with Gasteiger partial charge < -0.3 is 5.73 Å². The number of anilines is 1. The second-order valence-corrected chi connectivity index (χ2v) is 8.13. The first-order chi connectivity index (χ1) is 9.93. The lowest BCUT2D eigenvalue weighted by atomic mass is 9.95. The lowest BCUT2D eigenvalue weighted by Gasteiger charge is -2.29. The van der Waals surface area contributed by atoms with E-state index in [4.69, 9.17) is 5.73 Å². The standard InChI is InChI=1S/C18H24N2S/c1-18(2,3)17-8-7-14(21-17)12-20-10-9-15-13(11-20)5-4-6-16(15)19/h4-8H,9-12,19H2,1-3H3. The van der Waals surface area contributed by atoms with E-state index in [0.717, 1.165) is 31.7 Å². The second-order valence-electron chi connectivity index (χ2n) is 6.96. The predicted molar refractivity (Wildman–Crippen MR) is 91.7 cm³/mol. The van der Waals surface area contributed by atoms with Crippen molar-refractivity contribution >= 4 is 17.0 Å². The van der Waals surface area contributed by atoms with Gasteiger partial charge in [-0.3, -0.25) is 4.90 Å². The van der Waals surface area contributed by atoms with Crippen LogP contribution in [0, 0.1) is 0 Å². The highest BCUT2D eigenvalue weighted by Gasteiger charge is 2.20. The van der Waals surface area contributed by atoms with E-state index in [1.807, 2.05) is 17.4 Å². The number of hydrogen-bond donors (Lipinski definition) is 1. The fourth-order valence-corrected chi connectivity index (χ4v) is 4.03. The summed E-state index contributed by atoms with van der Waals surface area (Å²) < 4.78 is 0. The zero-order valence-corrected chi connectivity index (χ0v) is 14.0. The number of nitrogen functional groups attached to an aromatic ring is 1. The molecule has 0 radical (unpaired) electrons. The van der Waals surface area contributed by atoms with E-state index in [1.54, 1.807) is 0 Å². The molecule has 1 aliphatic heterocycles. The zero-order chi connectivity index (χ0) is 15.0. The molecule has 0 aliphatic carbocycles. The van der Waals surface area contributed by atoms with E-state index in [2.05, 4.69) is 49.9 Å². The van der Waals surface area contributed by atoms with Crippen molar-refractivity contribution < 1.29 is 0 Å². The molecule has 0 saturated carbocycles. The van der Waals surface area contributed by atoms with Gasteiger partial charge in [-0.15, -0.1) is 11.3 Å². The van der Waals surface area contributed by atoms with Gasteiger partial charge in [-0.2, -0.15) is 0 Å².